The lowest BCUT2D eigenvalue weighted by Gasteiger charge is -2.15. The van der Waals surface area contributed by atoms with Crippen molar-refractivity contribution in [1.82, 2.24) is 0 Å². The summed E-state index contributed by atoms with van der Waals surface area (Å²) < 4.78 is 5.07. The van der Waals surface area contributed by atoms with Crippen LogP contribution in [0, 0.1) is 11.3 Å². The molecule has 0 spiro atoms. The van der Waals surface area contributed by atoms with Crippen molar-refractivity contribution < 1.29 is 14.9 Å². The molecule has 0 aliphatic carbocycles. The molecule has 2 aromatic rings. The Kier molecular flexibility index (Phi) is 4.36. The van der Waals surface area contributed by atoms with Gasteiger partial charge in [0.15, 0.2) is 0 Å². The summed E-state index contributed by atoms with van der Waals surface area (Å²) in [5.41, 5.74) is 2.30. The Morgan fingerprint density at radius 3 is 2.45 bits per heavy atom. The molecule has 0 radical (unpaired) electrons. The molecule has 2 aromatic carbocycles. The van der Waals surface area contributed by atoms with Crippen molar-refractivity contribution in [3.05, 3.63) is 64.7 Å². The topological polar surface area (TPSA) is 73.5 Å². The van der Waals surface area contributed by atoms with E-state index in [4.69, 9.17) is 10.00 Å². The van der Waals surface area contributed by atoms with Crippen LogP contribution in [0.15, 0.2) is 42.5 Å². The summed E-state index contributed by atoms with van der Waals surface area (Å²) in [5.74, 6) is 0.711. The van der Waals surface area contributed by atoms with Gasteiger partial charge in [-0.3, -0.25) is 0 Å². The number of nitriles is 1. The Hall–Kier alpha value is -2.35. The largest absolute Gasteiger partial charge is 0.497 e. The first-order chi connectivity index (χ1) is 9.69. The maximum atomic E-state index is 10.4. The molecule has 0 bridgehead atoms. The van der Waals surface area contributed by atoms with Crippen molar-refractivity contribution >= 4 is 0 Å². The van der Waals surface area contributed by atoms with E-state index in [1.807, 2.05) is 6.07 Å². The maximum Gasteiger partial charge on any atom is 0.118 e. The third-order valence-electron chi connectivity index (χ3n) is 3.17. The van der Waals surface area contributed by atoms with Crippen molar-refractivity contribution in [2.75, 3.05) is 7.11 Å². The standard InChI is InChI=1S/C16H15NO3/c1-20-14-5-3-12(4-6-14)16(19)15-7-2-11(9-17)8-13(15)10-18/h2-8,16,18-19H,10H2,1H3. The van der Waals surface area contributed by atoms with E-state index in [-0.39, 0.29) is 6.61 Å². The van der Waals surface area contributed by atoms with Crippen LogP contribution in [0.5, 0.6) is 5.75 Å². The molecule has 2 rings (SSSR count). The van der Waals surface area contributed by atoms with E-state index in [1.165, 1.54) is 0 Å². The SMILES string of the molecule is COc1ccc(C(O)c2ccc(C#N)cc2CO)cc1. The van der Waals surface area contributed by atoms with E-state index in [9.17, 15) is 10.2 Å². The van der Waals surface area contributed by atoms with Gasteiger partial charge in [-0.2, -0.15) is 5.26 Å². The quantitative estimate of drug-likeness (QED) is 0.891. The molecule has 0 fully saturated rings. The van der Waals surface area contributed by atoms with Gasteiger partial charge in [0.2, 0.25) is 0 Å². The van der Waals surface area contributed by atoms with Gasteiger partial charge in [0.1, 0.15) is 11.9 Å². The number of hydrogen-bond donors (Lipinski definition) is 2. The van der Waals surface area contributed by atoms with Gasteiger partial charge in [0.25, 0.3) is 0 Å². The molecule has 0 saturated carbocycles. The van der Waals surface area contributed by atoms with E-state index in [1.54, 1.807) is 49.6 Å². The lowest BCUT2D eigenvalue weighted by atomic mass is 9.95. The van der Waals surface area contributed by atoms with Crippen LogP contribution in [0.1, 0.15) is 28.4 Å². The van der Waals surface area contributed by atoms with Crippen molar-refractivity contribution in [2.45, 2.75) is 12.7 Å². The minimum atomic E-state index is -0.851. The normalized spacial score (nSPS) is 11.7. The fraction of sp³-hybridized carbons (Fsp3) is 0.188. The highest BCUT2D eigenvalue weighted by Crippen LogP contribution is 2.27. The highest BCUT2D eigenvalue weighted by atomic mass is 16.5. The Morgan fingerprint density at radius 1 is 1.20 bits per heavy atom. The zero-order valence-electron chi connectivity index (χ0n) is 11.1. The van der Waals surface area contributed by atoms with E-state index in [2.05, 4.69) is 0 Å². The van der Waals surface area contributed by atoms with Crippen LogP contribution in [-0.4, -0.2) is 17.3 Å². The smallest absolute Gasteiger partial charge is 0.118 e. The van der Waals surface area contributed by atoms with E-state index >= 15 is 0 Å². The van der Waals surface area contributed by atoms with Crippen LogP contribution >= 0.6 is 0 Å². The average Bonchev–Trinajstić information content (AvgIpc) is 2.53. The second-order valence-corrected chi connectivity index (χ2v) is 4.36. The maximum absolute atomic E-state index is 10.4. The lowest BCUT2D eigenvalue weighted by Crippen LogP contribution is -2.04. The summed E-state index contributed by atoms with van der Waals surface area (Å²) in [6, 6.07) is 14.0. The number of hydrogen-bond acceptors (Lipinski definition) is 4. The number of benzene rings is 2. The molecule has 1 atom stereocenters. The lowest BCUT2D eigenvalue weighted by molar-refractivity contribution is 0.213. The third kappa shape index (κ3) is 2.80. The van der Waals surface area contributed by atoms with E-state index < -0.39 is 6.10 Å². The van der Waals surface area contributed by atoms with Crippen LogP contribution in [0.3, 0.4) is 0 Å². The predicted molar refractivity (Wildman–Crippen MR) is 74.1 cm³/mol. The van der Waals surface area contributed by atoms with Gasteiger partial charge < -0.3 is 14.9 Å². The number of methoxy groups -OCH3 is 1. The molecule has 0 aliphatic heterocycles. The number of ether oxygens (including phenoxy) is 1. The van der Waals surface area contributed by atoms with Crippen molar-refractivity contribution in [3.63, 3.8) is 0 Å². The first kappa shape index (κ1) is 14.1. The van der Waals surface area contributed by atoms with Gasteiger partial charge >= 0.3 is 0 Å². The summed E-state index contributed by atoms with van der Waals surface area (Å²) in [7, 11) is 1.58. The minimum absolute atomic E-state index is 0.224. The Morgan fingerprint density at radius 2 is 1.90 bits per heavy atom. The number of rotatable bonds is 4. The van der Waals surface area contributed by atoms with Crippen molar-refractivity contribution in [2.24, 2.45) is 0 Å². The summed E-state index contributed by atoms with van der Waals surface area (Å²) in [6.07, 6.45) is -0.851. The van der Waals surface area contributed by atoms with Gasteiger partial charge in [-0.05, 0) is 41.0 Å². The number of aliphatic hydroxyl groups is 2. The van der Waals surface area contributed by atoms with Gasteiger partial charge in [-0.1, -0.05) is 18.2 Å². The van der Waals surface area contributed by atoms with Crippen LogP contribution in [0.25, 0.3) is 0 Å². The fourth-order valence-corrected chi connectivity index (χ4v) is 2.04. The molecule has 0 amide bonds. The molecule has 2 N–H and O–H groups in total. The van der Waals surface area contributed by atoms with Crippen LogP contribution in [0.4, 0.5) is 0 Å². The van der Waals surface area contributed by atoms with Crippen LogP contribution < -0.4 is 4.74 Å². The predicted octanol–water partition coefficient (Wildman–Crippen LogP) is 2.14. The van der Waals surface area contributed by atoms with Gasteiger partial charge in [0, 0.05) is 0 Å². The molecule has 0 heterocycles. The minimum Gasteiger partial charge on any atom is -0.497 e. The van der Waals surface area contributed by atoms with E-state index in [0.29, 0.717) is 28.0 Å². The van der Waals surface area contributed by atoms with Crippen LogP contribution in [-0.2, 0) is 6.61 Å². The molecule has 20 heavy (non-hydrogen) atoms. The molecular formula is C16H15NO3. The molecule has 4 heteroatoms. The Labute approximate surface area is 117 Å². The van der Waals surface area contributed by atoms with Crippen molar-refractivity contribution in [1.29, 1.82) is 5.26 Å². The van der Waals surface area contributed by atoms with Crippen molar-refractivity contribution in [3.8, 4) is 11.8 Å². The van der Waals surface area contributed by atoms with Gasteiger partial charge in [-0.15, -0.1) is 0 Å². The monoisotopic (exact) mass is 269 g/mol. The van der Waals surface area contributed by atoms with Gasteiger partial charge in [-0.25, -0.2) is 0 Å². The molecule has 0 aromatic heterocycles. The second-order valence-electron chi connectivity index (χ2n) is 4.36. The summed E-state index contributed by atoms with van der Waals surface area (Å²) in [4.78, 5) is 0. The third-order valence-corrected chi connectivity index (χ3v) is 3.17. The van der Waals surface area contributed by atoms with Gasteiger partial charge in [0.05, 0.1) is 25.3 Å². The zero-order chi connectivity index (χ0) is 14.5. The highest BCUT2D eigenvalue weighted by Gasteiger charge is 2.15. The average molecular weight is 269 g/mol. The zero-order valence-corrected chi connectivity index (χ0v) is 11.1. The summed E-state index contributed by atoms with van der Waals surface area (Å²) in [5, 5.41) is 28.6. The summed E-state index contributed by atoms with van der Waals surface area (Å²) >= 11 is 0. The van der Waals surface area contributed by atoms with Crippen LogP contribution in [0.2, 0.25) is 0 Å². The second kappa shape index (κ2) is 6.20. The summed E-state index contributed by atoms with van der Waals surface area (Å²) in [6.45, 7) is -0.224. The molecule has 4 nitrogen and oxygen atoms in total. The molecule has 0 aliphatic rings. The fourth-order valence-electron chi connectivity index (χ4n) is 2.04. The molecule has 1 unspecified atom stereocenters. The molecule has 0 saturated heterocycles. The molecular weight excluding hydrogens is 254 g/mol. The Balaban J connectivity index is 2.36. The number of nitrogens with zero attached hydrogens (tertiary/aromatic N) is 1. The Bertz CT molecular complexity index is 629. The first-order valence-electron chi connectivity index (χ1n) is 6.15. The highest BCUT2D eigenvalue weighted by molar-refractivity contribution is 5.42. The van der Waals surface area contributed by atoms with E-state index in [0.717, 1.165) is 0 Å². The number of aliphatic hydroxyl groups excluding tert-OH is 2. The molecule has 102 valence electrons. The first-order valence-corrected chi connectivity index (χ1v) is 6.15.